The number of sulfonamides is 1. The van der Waals surface area contributed by atoms with Crippen LogP contribution in [0.5, 0.6) is 0 Å². The normalized spacial score (nSPS) is 17.1. The van der Waals surface area contributed by atoms with E-state index in [2.05, 4.69) is 4.98 Å². The minimum atomic E-state index is -3.82. The van der Waals surface area contributed by atoms with Crippen LogP contribution in [-0.4, -0.2) is 53.4 Å². The Kier molecular flexibility index (Phi) is 5.75. The zero-order valence-electron chi connectivity index (χ0n) is 16.8. The molecule has 1 aromatic heterocycles. The highest BCUT2D eigenvalue weighted by molar-refractivity contribution is 7.89. The second-order valence-electron chi connectivity index (χ2n) is 7.33. The van der Waals surface area contributed by atoms with E-state index < -0.39 is 22.6 Å². The molecule has 0 bridgehead atoms. The maximum atomic E-state index is 13.8. The third kappa shape index (κ3) is 3.80. The SMILES string of the molecule is CC(c1nc2ccccc2n1C(F)F)N1CCN(S(=O)(=O)c2ccccc2C#N)CC1. The van der Waals surface area contributed by atoms with Crippen LogP contribution in [-0.2, 0) is 10.0 Å². The lowest BCUT2D eigenvalue weighted by atomic mass is 10.2. The van der Waals surface area contributed by atoms with Gasteiger partial charge in [0, 0.05) is 26.2 Å². The number of hydrogen-bond acceptors (Lipinski definition) is 5. The number of rotatable bonds is 5. The van der Waals surface area contributed by atoms with Crippen LogP contribution in [0.25, 0.3) is 11.0 Å². The van der Waals surface area contributed by atoms with Crippen molar-refractivity contribution >= 4 is 21.1 Å². The molecular formula is C21H21F2N5O2S. The minimum Gasteiger partial charge on any atom is -0.291 e. The van der Waals surface area contributed by atoms with Gasteiger partial charge >= 0.3 is 6.55 Å². The van der Waals surface area contributed by atoms with Gasteiger partial charge < -0.3 is 0 Å². The topological polar surface area (TPSA) is 82.2 Å². The summed E-state index contributed by atoms with van der Waals surface area (Å²) in [6, 6.07) is 14.4. The van der Waals surface area contributed by atoms with E-state index in [4.69, 9.17) is 0 Å². The fourth-order valence-corrected chi connectivity index (χ4v) is 5.54. The molecule has 0 N–H and O–H groups in total. The number of para-hydroxylation sites is 2. The lowest BCUT2D eigenvalue weighted by Crippen LogP contribution is -2.49. The molecule has 31 heavy (non-hydrogen) atoms. The first kappa shape index (κ1) is 21.4. The van der Waals surface area contributed by atoms with Gasteiger partial charge in [0.1, 0.15) is 11.9 Å². The maximum Gasteiger partial charge on any atom is 0.320 e. The van der Waals surface area contributed by atoms with Crippen molar-refractivity contribution in [1.29, 1.82) is 5.26 Å². The van der Waals surface area contributed by atoms with Gasteiger partial charge in [-0.25, -0.2) is 13.4 Å². The fraction of sp³-hybridized carbons (Fsp3) is 0.333. The minimum absolute atomic E-state index is 0.0153. The van der Waals surface area contributed by atoms with Crippen molar-refractivity contribution in [3.63, 3.8) is 0 Å². The summed E-state index contributed by atoms with van der Waals surface area (Å²) < 4.78 is 55.9. The Balaban J connectivity index is 1.55. The number of alkyl halides is 2. The van der Waals surface area contributed by atoms with Gasteiger partial charge in [-0.05, 0) is 31.2 Å². The smallest absolute Gasteiger partial charge is 0.291 e. The first-order valence-electron chi connectivity index (χ1n) is 9.83. The predicted molar refractivity (Wildman–Crippen MR) is 111 cm³/mol. The molecule has 1 unspecified atom stereocenters. The zero-order chi connectivity index (χ0) is 22.2. The van der Waals surface area contributed by atoms with Crippen LogP contribution in [0.1, 0.15) is 30.9 Å². The molecule has 1 aliphatic heterocycles. The fourth-order valence-electron chi connectivity index (χ4n) is 3.98. The van der Waals surface area contributed by atoms with Crippen LogP contribution in [0.15, 0.2) is 53.4 Å². The van der Waals surface area contributed by atoms with Crippen LogP contribution in [0.3, 0.4) is 0 Å². The van der Waals surface area contributed by atoms with Crippen molar-refractivity contribution in [2.45, 2.75) is 24.4 Å². The van der Waals surface area contributed by atoms with Crippen molar-refractivity contribution in [3.8, 4) is 6.07 Å². The molecule has 4 rings (SSSR count). The number of hydrogen-bond donors (Lipinski definition) is 0. The van der Waals surface area contributed by atoms with E-state index in [-0.39, 0.29) is 29.4 Å². The van der Waals surface area contributed by atoms with Crippen molar-refractivity contribution in [2.24, 2.45) is 0 Å². The van der Waals surface area contributed by atoms with Crippen LogP contribution in [0.2, 0.25) is 0 Å². The highest BCUT2D eigenvalue weighted by Crippen LogP contribution is 2.30. The van der Waals surface area contributed by atoms with Gasteiger partial charge in [0.25, 0.3) is 0 Å². The average Bonchev–Trinajstić information content (AvgIpc) is 3.18. The van der Waals surface area contributed by atoms with Crippen molar-refractivity contribution < 1.29 is 17.2 Å². The molecule has 1 aliphatic rings. The highest BCUT2D eigenvalue weighted by atomic mass is 32.2. The van der Waals surface area contributed by atoms with Crippen LogP contribution in [0, 0.1) is 11.3 Å². The van der Waals surface area contributed by atoms with E-state index in [1.54, 1.807) is 43.3 Å². The molecule has 2 heterocycles. The summed E-state index contributed by atoms with van der Waals surface area (Å²) in [6.45, 7) is 0.190. The quantitative estimate of drug-likeness (QED) is 0.601. The molecule has 0 spiro atoms. The highest BCUT2D eigenvalue weighted by Gasteiger charge is 2.33. The summed E-state index contributed by atoms with van der Waals surface area (Å²) in [5.41, 5.74) is 0.969. The molecule has 0 amide bonds. The van der Waals surface area contributed by atoms with Crippen LogP contribution >= 0.6 is 0 Å². The average molecular weight is 445 g/mol. The molecular weight excluding hydrogens is 424 g/mol. The number of fused-ring (bicyclic) bond motifs is 1. The van der Waals surface area contributed by atoms with E-state index >= 15 is 0 Å². The molecule has 0 saturated carbocycles. The summed E-state index contributed by atoms with van der Waals surface area (Å²) in [7, 11) is -3.82. The first-order chi connectivity index (χ1) is 14.8. The molecule has 0 radical (unpaired) electrons. The van der Waals surface area contributed by atoms with E-state index in [0.717, 1.165) is 4.57 Å². The molecule has 1 fully saturated rings. The Morgan fingerprint density at radius 1 is 1.03 bits per heavy atom. The summed E-state index contributed by atoms with van der Waals surface area (Å²) >= 11 is 0. The van der Waals surface area contributed by atoms with Crippen molar-refractivity contribution in [1.82, 2.24) is 18.8 Å². The number of halogens is 2. The Hall–Kier alpha value is -2.87. The molecule has 0 aliphatic carbocycles. The Bertz CT molecular complexity index is 1240. The predicted octanol–water partition coefficient (Wildman–Crippen LogP) is 3.37. The van der Waals surface area contributed by atoms with Gasteiger partial charge in [-0.3, -0.25) is 9.47 Å². The molecule has 2 aromatic carbocycles. The number of benzene rings is 2. The van der Waals surface area contributed by atoms with Crippen LogP contribution in [0.4, 0.5) is 8.78 Å². The van der Waals surface area contributed by atoms with Gasteiger partial charge in [-0.15, -0.1) is 0 Å². The second kappa shape index (κ2) is 8.34. The Morgan fingerprint density at radius 2 is 1.68 bits per heavy atom. The number of aromatic nitrogens is 2. The summed E-state index contributed by atoms with van der Waals surface area (Å²) in [5.74, 6) is 0.252. The van der Waals surface area contributed by atoms with Crippen molar-refractivity contribution in [3.05, 3.63) is 59.9 Å². The molecule has 10 heteroatoms. The summed E-state index contributed by atoms with van der Waals surface area (Å²) in [5, 5.41) is 9.24. The van der Waals surface area contributed by atoms with E-state index in [1.165, 1.54) is 16.4 Å². The largest absolute Gasteiger partial charge is 0.320 e. The van der Waals surface area contributed by atoms with Gasteiger partial charge in [0.2, 0.25) is 10.0 Å². The monoisotopic (exact) mass is 445 g/mol. The number of piperazine rings is 1. The zero-order valence-corrected chi connectivity index (χ0v) is 17.6. The van der Waals surface area contributed by atoms with E-state index in [9.17, 15) is 22.5 Å². The maximum absolute atomic E-state index is 13.8. The molecule has 3 aromatic rings. The molecule has 162 valence electrons. The van der Waals surface area contributed by atoms with Crippen molar-refractivity contribution in [2.75, 3.05) is 26.2 Å². The number of nitrogens with zero attached hydrogens (tertiary/aromatic N) is 5. The lowest BCUT2D eigenvalue weighted by molar-refractivity contribution is 0.0616. The standard InChI is InChI=1S/C21H21F2N5O2S/c1-15(20-25-17-7-3-4-8-18(17)28(20)21(22)23)26-10-12-27(13-11-26)31(29,30)19-9-5-2-6-16(19)14-24/h2-9,15,21H,10-13H2,1H3. The van der Waals surface area contributed by atoms with E-state index in [1.807, 2.05) is 11.0 Å². The summed E-state index contributed by atoms with van der Waals surface area (Å²) in [6.07, 6.45) is 0. The van der Waals surface area contributed by atoms with Gasteiger partial charge in [0.15, 0.2) is 0 Å². The second-order valence-corrected chi connectivity index (χ2v) is 9.24. The van der Waals surface area contributed by atoms with Gasteiger partial charge in [-0.1, -0.05) is 24.3 Å². The Labute approximate surface area is 179 Å². The lowest BCUT2D eigenvalue weighted by Gasteiger charge is -2.37. The molecule has 1 atom stereocenters. The molecule has 1 saturated heterocycles. The third-order valence-electron chi connectivity index (χ3n) is 5.64. The third-order valence-corrected chi connectivity index (χ3v) is 7.60. The number of nitriles is 1. The van der Waals surface area contributed by atoms with Crippen LogP contribution < -0.4 is 0 Å². The summed E-state index contributed by atoms with van der Waals surface area (Å²) in [4.78, 5) is 6.35. The van der Waals surface area contributed by atoms with Gasteiger partial charge in [0.05, 0.1) is 27.5 Å². The first-order valence-corrected chi connectivity index (χ1v) is 11.3. The van der Waals surface area contributed by atoms with Gasteiger partial charge in [-0.2, -0.15) is 18.3 Å². The van der Waals surface area contributed by atoms with E-state index in [0.29, 0.717) is 24.1 Å². The Morgan fingerprint density at radius 3 is 2.35 bits per heavy atom. The molecule has 7 nitrogen and oxygen atoms in total. The number of imidazole rings is 1.